The number of aromatic nitrogens is 3. The van der Waals surface area contributed by atoms with E-state index < -0.39 is 5.82 Å². The highest BCUT2D eigenvalue weighted by Crippen LogP contribution is 2.44. The van der Waals surface area contributed by atoms with Gasteiger partial charge >= 0.3 is 0 Å². The van der Waals surface area contributed by atoms with E-state index >= 15 is 0 Å². The van der Waals surface area contributed by atoms with E-state index in [0.29, 0.717) is 11.5 Å². The molecule has 0 N–H and O–H groups in total. The Labute approximate surface area is 182 Å². The molecule has 2 aliphatic rings. The number of nitrogens with zero attached hydrogens (tertiary/aromatic N) is 4. The van der Waals surface area contributed by atoms with Crippen molar-refractivity contribution in [1.29, 1.82) is 0 Å². The molecule has 3 unspecified atom stereocenters. The number of halogens is 2. The van der Waals surface area contributed by atoms with E-state index in [4.69, 9.17) is 0 Å². The van der Waals surface area contributed by atoms with Gasteiger partial charge in [0.15, 0.2) is 5.82 Å². The molecular weight excluding hydrogens is 447 g/mol. The molecule has 2 aromatic heterocycles. The van der Waals surface area contributed by atoms with Crippen LogP contribution in [0.3, 0.4) is 0 Å². The second-order valence-electron chi connectivity index (χ2n) is 7.91. The van der Waals surface area contributed by atoms with Crippen LogP contribution in [0.15, 0.2) is 59.5 Å². The van der Waals surface area contributed by atoms with Crippen LogP contribution in [0.1, 0.15) is 35.3 Å². The van der Waals surface area contributed by atoms with Crippen molar-refractivity contribution in [3.63, 3.8) is 0 Å². The van der Waals surface area contributed by atoms with E-state index in [1.165, 1.54) is 6.07 Å². The number of hydrogen-bond acceptors (Lipinski definition) is 4. The third-order valence-corrected chi connectivity index (χ3v) is 6.66. The highest BCUT2D eigenvalue weighted by Gasteiger charge is 2.48. The summed E-state index contributed by atoms with van der Waals surface area (Å²) < 4.78 is 15.7. The molecule has 2 saturated heterocycles. The first kappa shape index (κ1) is 19.3. The fourth-order valence-electron chi connectivity index (χ4n) is 4.94. The van der Waals surface area contributed by atoms with Gasteiger partial charge in [0.2, 0.25) is 0 Å². The van der Waals surface area contributed by atoms with Crippen LogP contribution in [0.5, 0.6) is 0 Å². The zero-order chi connectivity index (χ0) is 20.7. The van der Waals surface area contributed by atoms with E-state index in [1.807, 2.05) is 23.2 Å². The molecule has 1 amide bonds. The lowest BCUT2D eigenvalue weighted by molar-refractivity contribution is 0.0719. The average Bonchev–Trinajstić information content (AvgIpc) is 3.33. The van der Waals surface area contributed by atoms with Gasteiger partial charge in [-0.3, -0.25) is 9.78 Å². The first-order chi connectivity index (χ1) is 14.6. The summed E-state index contributed by atoms with van der Waals surface area (Å²) in [7, 11) is 0. The minimum atomic E-state index is -0.478. The smallest absolute Gasteiger partial charge is 0.255 e. The van der Waals surface area contributed by atoms with Crippen LogP contribution in [0, 0.1) is 11.7 Å². The maximum absolute atomic E-state index is 14.7. The van der Waals surface area contributed by atoms with Crippen LogP contribution in [0.2, 0.25) is 0 Å². The molecule has 2 aliphatic heterocycles. The number of rotatable bonds is 4. The number of benzene rings is 1. The molecule has 2 bridgehead atoms. The lowest BCUT2D eigenvalue weighted by atomic mass is 9.86. The van der Waals surface area contributed by atoms with Crippen LogP contribution in [-0.2, 0) is 6.42 Å². The minimum absolute atomic E-state index is 0.129. The molecule has 0 saturated carbocycles. The SMILES string of the molecule is O=C(c1cccc(F)c1-c1ncccn1)N1C2CCC1C(Cc1ccc(Br)cn1)C2. The van der Waals surface area contributed by atoms with Gasteiger partial charge in [-0.2, -0.15) is 0 Å². The van der Waals surface area contributed by atoms with E-state index in [-0.39, 0.29) is 29.4 Å². The maximum Gasteiger partial charge on any atom is 0.255 e. The molecule has 7 heteroatoms. The van der Waals surface area contributed by atoms with Crippen LogP contribution >= 0.6 is 15.9 Å². The number of pyridine rings is 1. The Morgan fingerprint density at radius 1 is 1.10 bits per heavy atom. The van der Waals surface area contributed by atoms with Crippen LogP contribution in [0.25, 0.3) is 11.4 Å². The van der Waals surface area contributed by atoms with Gasteiger partial charge in [0, 0.05) is 40.8 Å². The highest BCUT2D eigenvalue weighted by molar-refractivity contribution is 9.10. The lowest BCUT2D eigenvalue weighted by Crippen LogP contribution is -2.37. The van der Waals surface area contributed by atoms with Gasteiger partial charge in [-0.05, 0) is 77.9 Å². The maximum atomic E-state index is 14.7. The molecule has 0 radical (unpaired) electrons. The number of carbonyl (C=O) groups is 1. The summed E-state index contributed by atoms with van der Waals surface area (Å²) in [6.07, 6.45) is 8.70. The Bertz CT molecular complexity index is 1080. The van der Waals surface area contributed by atoms with Gasteiger partial charge in [-0.15, -0.1) is 0 Å². The van der Waals surface area contributed by atoms with Gasteiger partial charge in [0.25, 0.3) is 5.91 Å². The topological polar surface area (TPSA) is 59.0 Å². The van der Waals surface area contributed by atoms with Crippen molar-refractivity contribution in [2.45, 2.75) is 37.8 Å². The minimum Gasteiger partial charge on any atom is -0.332 e. The van der Waals surface area contributed by atoms with Gasteiger partial charge < -0.3 is 4.90 Å². The molecule has 4 heterocycles. The Morgan fingerprint density at radius 2 is 1.93 bits per heavy atom. The number of amides is 1. The van der Waals surface area contributed by atoms with Crippen LogP contribution in [-0.4, -0.2) is 37.8 Å². The zero-order valence-electron chi connectivity index (χ0n) is 16.2. The van der Waals surface area contributed by atoms with Crippen molar-refractivity contribution in [2.24, 2.45) is 5.92 Å². The fourth-order valence-corrected chi connectivity index (χ4v) is 5.18. The van der Waals surface area contributed by atoms with E-state index in [9.17, 15) is 9.18 Å². The third-order valence-electron chi connectivity index (χ3n) is 6.19. The fraction of sp³-hybridized carbons (Fsp3) is 0.304. The molecule has 152 valence electrons. The monoisotopic (exact) mass is 466 g/mol. The molecule has 30 heavy (non-hydrogen) atoms. The first-order valence-corrected chi connectivity index (χ1v) is 10.9. The lowest BCUT2D eigenvalue weighted by Gasteiger charge is -2.25. The van der Waals surface area contributed by atoms with E-state index in [2.05, 4.69) is 30.9 Å². The molecule has 0 aliphatic carbocycles. The Hall–Kier alpha value is -2.67. The number of carbonyl (C=O) groups excluding carboxylic acids is 1. The molecule has 1 aromatic carbocycles. The quantitative estimate of drug-likeness (QED) is 0.560. The molecular formula is C23H20BrFN4O. The Balaban J connectivity index is 1.44. The second-order valence-corrected chi connectivity index (χ2v) is 8.83. The summed E-state index contributed by atoms with van der Waals surface area (Å²) in [5, 5.41) is 0. The van der Waals surface area contributed by atoms with Gasteiger partial charge in [-0.1, -0.05) is 6.07 Å². The van der Waals surface area contributed by atoms with Crippen molar-refractivity contribution in [1.82, 2.24) is 19.9 Å². The van der Waals surface area contributed by atoms with Crippen LogP contribution in [0.4, 0.5) is 4.39 Å². The first-order valence-electron chi connectivity index (χ1n) is 10.1. The summed E-state index contributed by atoms with van der Waals surface area (Å²) in [5.74, 6) is -0.00242. The number of hydrogen-bond donors (Lipinski definition) is 0. The van der Waals surface area contributed by atoms with Crippen molar-refractivity contribution in [2.75, 3.05) is 0 Å². The third kappa shape index (κ3) is 3.41. The normalized spacial score (nSPS) is 22.5. The summed E-state index contributed by atoms with van der Waals surface area (Å²) in [6, 6.07) is 10.7. The van der Waals surface area contributed by atoms with Gasteiger partial charge in [0.1, 0.15) is 5.82 Å². The van der Waals surface area contributed by atoms with Gasteiger partial charge in [-0.25, -0.2) is 14.4 Å². The predicted octanol–water partition coefficient (Wildman–Crippen LogP) is 4.68. The Kier molecular flexibility index (Phi) is 5.06. The summed E-state index contributed by atoms with van der Waals surface area (Å²) in [4.78, 5) is 28.4. The van der Waals surface area contributed by atoms with Crippen LogP contribution < -0.4 is 0 Å². The molecule has 5 rings (SSSR count). The highest BCUT2D eigenvalue weighted by atomic mass is 79.9. The molecule has 3 aromatic rings. The zero-order valence-corrected chi connectivity index (χ0v) is 17.8. The molecule has 3 atom stereocenters. The molecule has 0 spiro atoms. The van der Waals surface area contributed by atoms with Crippen molar-refractivity contribution >= 4 is 21.8 Å². The summed E-state index contributed by atoms with van der Waals surface area (Å²) in [6.45, 7) is 0. The average molecular weight is 467 g/mol. The largest absolute Gasteiger partial charge is 0.332 e. The predicted molar refractivity (Wildman–Crippen MR) is 114 cm³/mol. The van der Waals surface area contributed by atoms with E-state index in [1.54, 1.807) is 30.6 Å². The van der Waals surface area contributed by atoms with Gasteiger partial charge in [0.05, 0.1) is 11.1 Å². The van der Waals surface area contributed by atoms with E-state index in [0.717, 1.165) is 35.8 Å². The molecule has 2 fully saturated rings. The standard InChI is InChI=1S/C23H20BrFN4O/c24-15-5-6-16(28-13-15)11-14-12-17-7-8-20(14)29(17)23(30)18-3-1-4-19(25)21(18)22-26-9-2-10-27-22/h1-6,9-10,13-14,17,20H,7-8,11-12H2. The Morgan fingerprint density at radius 3 is 2.70 bits per heavy atom. The van der Waals surface area contributed by atoms with Crippen molar-refractivity contribution in [3.8, 4) is 11.4 Å². The second kappa shape index (κ2) is 7.87. The summed E-state index contributed by atoms with van der Waals surface area (Å²) in [5.41, 5.74) is 1.55. The van der Waals surface area contributed by atoms with Crippen molar-refractivity contribution < 1.29 is 9.18 Å². The summed E-state index contributed by atoms with van der Waals surface area (Å²) >= 11 is 3.42. The molecule has 5 nitrogen and oxygen atoms in total. The number of fused-ring (bicyclic) bond motifs is 2. The van der Waals surface area contributed by atoms with Crippen molar-refractivity contribution in [3.05, 3.63) is 76.5 Å².